The van der Waals surface area contributed by atoms with Gasteiger partial charge in [0.25, 0.3) is 5.91 Å². The van der Waals surface area contributed by atoms with Crippen LogP contribution in [0.1, 0.15) is 10.4 Å². The normalized spacial score (nSPS) is 34.6. The van der Waals surface area contributed by atoms with Crippen LogP contribution in [0.15, 0.2) is 42.5 Å². The number of amides is 1. The largest absolute Gasteiger partial charge is 0.393 e. The highest BCUT2D eigenvalue weighted by Crippen LogP contribution is 2.50. The molecule has 112 valence electrons. The highest BCUT2D eigenvalue weighted by molar-refractivity contribution is 5.99. The standard InChI is InChI=1S/C16H13NO5/c18-13(9-4-2-1-3-5-9)17-8-16-7-6-10(22-16)11-12(16)15(20)21-14(11)19/h1-7,10-12H,8H2,(H,17,18). The maximum absolute atomic E-state index is 12.1. The maximum atomic E-state index is 12.1. The molecule has 1 aromatic rings. The van der Waals surface area contributed by atoms with E-state index < -0.39 is 35.5 Å². The van der Waals surface area contributed by atoms with Crippen LogP contribution in [0, 0.1) is 11.8 Å². The first-order chi connectivity index (χ1) is 10.6. The van der Waals surface area contributed by atoms with Crippen molar-refractivity contribution < 1.29 is 23.9 Å². The Morgan fingerprint density at radius 3 is 2.73 bits per heavy atom. The second-order valence-corrected chi connectivity index (χ2v) is 5.69. The molecule has 3 heterocycles. The number of hydrogen-bond donors (Lipinski definition) is 1. The topological polar surface area (TPSA) is 81.7 Å². The van der Waals surface area contributed by atoms with Gasteiger partial charge in [0, 0.05) is 5.56 Å². The summed E-state index contributed by atoms with van der Waals surface area (Å²) in [4.78, 5) is 35.8. The zero-order chi connectivity index (χ0) is 15.3. The molecule has 0 aliphatic carbocycles. The second-order valence-electron chi connectivity index (χ2n) is 5.69. The molecule has 4 rings (SSSR count). The van der Waals surface area contributed by atoms with E-state index in [1.54, 1.807) is 36.4 Å². The van der Waals surface area contributed by atoms with Gasteiger partial charge in [0.15, 0.2) is 0 Å². The number of carbonyl (C=O) groups excluding carboxylic acids is 3. The molecule has 2 fully saturated rings. The zero-order valence-electron chi connectivity index (χ0n) is 11.5. The van der Waals surface area contributed by atoms with Gasteiger partial charge in [-0.2, -0.15) is 0 Å². The van der Waals surface area contributed by atoms with Crippen LogP contribution >= 0.6 is 0 Å². The lowest BCUT2D eigenvalue weighted by Gasteiger charge is -2.27. The van der Waals surface area contributed by atoms with E-state index in [2.05, 4.69) is 5.32 Å². The van der Waals surface area contributed by atoms with Crippen molar-refractivity contribution in [1.82, 2.24) is 5.32 Å². The molecule has 6 heteroatoms. The number of rotatable bonds is 3. The molecular weight excluding hydrogens is 286 g/mol. The molecule has 6 nitrogen and oxygen atoms in total. The van der Waals surface area contributed by atoms with Crippen LogP contribution in [0.5, 0.6) is 0 Å². The number of ether oxygens (including phenoxy) is 2. The third-order valence-corrected chi connectivity index (χ3v) is 4.45. The first-order valence-corrected chi connectivity index (χ1v) is 7.07. The van der Waals surface area contributed by atoms with Gasteiger partial charge in [-0.3, -0.25) is 14.4 Å². The van der Waals surface area contributed by atoms with Crippen molar-refractivity contribution in [3.05, 3.63) is 48.0 Å². The van der Waals surface area contributed by atoms with Crippen LogP contribution in [0.2, 0.25) is 0 Å². The predicted molar refractivity (Wildman–Crippen MR) is 73.6 cm³/mol. The Hall–Kier alpha value is -2.47. The highest BCUT2D eigenvalue weighted by atomic mass is 16.6. The van der Waals surface area contributed by atoms with Gasteiger partial charge in [-0.25, -0.2) is 0 Å². The molecule has 22 heavy (non-hydrogen) atoms. The lowest BCUT2D eigenvalue weighted by molar-refractivity contribution is -0.158. The average molecular weight is 299 g/mol. The Morgan fingerprint density at radius 2 is 1.95 bits per heavy atom. The van der Waals surface area contributed by atoms with Crippen molar-refractivity contribution in [3.8, 4) is 0 Å². The average Bonchev–Trinajstić information content (AvgIpc) is 3.18. The third kappa shape index (κ3) is 1.74. The second kappa shape index (κ2) is 4.51. The van der Waals surface area contributed by atoms with Gasteiger partial charge in [0.05, 0.1) is 12.6 Å². The minimum Gasteiger partial charge on any atom is -0.393 e. The van der Waals surface area contributed by atoms with Crippen molar-refractivity contribution >= 4 is 17.8 Å². The summed E-state index contributed by atoms with van der Waals surface area (Å²) in [5.41, 5.74) is -0.458. The summed E-state index contributed by atoms with van der Waals surface area (Å²) in [6.45, 7) is 0.122. The molecule has 4 atom stereocenters. The number of carbonyl (C=O) groups is 3. The molecule has 0 spiro atoms. The van der Waals surface area contributed by atoms with Gasteiger partial charge in [0.2, 0.25) is 0 Å². The summed E-state index contributed by atoms with van der Waals surface area (Å²) < 4.78 is 10.5. The summed E-state index contributed by atoms with van der Waals surface area (Å²) in [6, 6.07) is 8.77. The lowest BCUT2D eigenvalue weighted by Crippen LogP contribution is -2.47. The molecule has 2 saturated heterocycles. The number of hydrogen-bond acceptors (Lipinski definition) is 5. The number of nitrogens with one attached hydrogen (secondary N) is 1. The summed E-state index contributed by atoms with van der Waals surface area (Å²) in [5, 5.41) is 2.77. The van der Waals surface area contributed by atoms with Crippen LogP contribution < -0.4 is 5.32 Å². The van der Waals surface area contributed by atoms with Gasteiger partial charge in [0.1, 0.15) is 17.4 Å². The first-order valence-electron chi connectivity index (χ1n) is 7.07. The van der Waals surface area contributed by atoms with Gasteiger partial charge in [-0.15, -0.1) is 0 Å². The Balaban J connectivity index is 1.53. The van der Waals surface area contributed by atoms with E-state index in [-0.39, 0.29) is 12.5 Å². The van der Waals surface area contributed by atoms with Gasteiger partial charge < -0.3 is 14.8 Å². The highest BCUT2D eigenvalue weighted by Gasteiger charge is 2.66. The van der Waals surface area contributed by atoms with E-state index in [9.17, 15) is 14.4 Å². The monoisotopic (exact) mass is 299 g/mol. The molecular formula is C16H13NO5. The van der Waals surface area contributed by atoms with Crippen molar-refractivity contribution in [2.45, 2.75) is 11.7 Å². The van der Waals surface area contributed by atoms with E-state index in [1.165, 1.54) is 0 Å². The van der Waals surface area contributed by atoms with Gasteiger partial charge >= 0.3 is 11.9 Å². The quantitative estimate of drug-likeness (QED) is 0.497. The summed E-state index contributed by atoms with van der Waals surface area (Å²) in [6.07, 6.45) is 3.07. The van der Waals surface area contributed by atoms with Crippen molar-refractivity contribution in [3.63, 3.8) is 0 Å². The maximum Gasteiger partial charge on any atom is 0.320 e. The smallest absolute Gasteiger partial charge is 0.320 e. The van der Waals surface area contributed by atoms with Gasteiger partial charge in [-0.1, -0.05) is 30.4 Å². The Kier molecular flexibility index (Phi) is 2.71. The third-order valence-electron chi connectivity index (χ3n) is 4.45. The number of fused-ring (bicyclic) bond motifs is 5. The summed E-state index contributed by atoms with van der Waals surface area (Å²) >= 11 is 0. The molecule has 3 aliphatic heterocycles. The molecule has 1 N–H and O–H groups in total. The Labute approximate surface area is 126 Å². The molecule has 4 unspecified atom stereocenters. The zero-order valence-corrected chi connectivity index (χ0v) is 11.5. The minimum atomic E-state index is -0.983. The van der Waals surface area contributed by atoms with Crippen LogP contribution in [-0.4, -0.2) is 36.1 Å². The van der Waals surface area contributed by atoms with Crippen LogP contribution in [0.25, 0.3) is 0 Å². The van der Waals surface area contributed by atoms with E-state index in [0.29, 0.717) is 5.56 Å². The predicted octanol–water partition coefficient (Wildman–Crippen LogP) is 0.440. The van der Waals surface area contributed by atoms with Crippen molar-refractivity contribution in [2.75, 3.05) is 6.54 Å². The molecule has 2 bridgehead atoms. The van der Waals surface area contributed by atoms with Crippen LogP contribution in [0.4, 0.5) is 0 Å². The van der Waals surface area contributed by atoms with E-state index in [0.717, 1.165) is 0 Å². The van der Waals surface area contributed by atoms with E-state index in [4.69, 9.17) is 9.47 Å². The van der Waals surface area contributed by atoms with Crippen LogP contribution in [0.3, 0.4) is 0 Å². The van der Waals surface area contributed by atoms with Crippen molar-refractivity contribution in [1.29, 1.82) is 0 Å². The Morgan fingerprint density at radius 1 is 1.18 bits per heavy atom. The molecule has 0 aromatic heterocycles. The fourth-order valence-corrected chi connectivity index (χ4v) is 3.42. The number of esters is 2. The number of benzene rings is 1. The summed E-state index contributed by atoms with van der Waals surface area (Å²) in [7, 11) is 0. The molecule has 1 aromatic carbocycles. The lowest BCUT2D eigenvalue weighted by atomic mass is 9.77. The Bertz CT molecular complexity index is 698. The SMILES string of the molecule is O=C(NCC12C=CC(O1)C1C(=O)OC(=O)C12)c1ccccc1. The fourth-order valence-electron chi connectivity index (χ4n) is 3.42. The fraction of sp³-hybridized carbons (Fsp3) is 0.312. The van der Waals surface area contributed by atoms with E-state index >= 15 is 0 Å². The summed E-state index contributed by atoms with van der Waals surface area (Å²) in [5.74, 6) is -2.63. The molecule has 0 saturated carbocycles. The van der Waals surface area contributed by atoms with E-state index in [1.807, 2.05) is 6.07 Å². The first kappa shape index (κ1) is 13.2. The minimum absolute atomic E-state index is 0.122. The van der Waals surface area contributed by atoms with Crippen LogP contribution in [-0.2, 0) is 19.1 Å². The molecule has 0 radical (unpaired) electrons. The van der Waals surface area contributed by atoms with Gasteiger partial charge in [-0.05, 0) is 12.1 Å². The molecule has 3 aliphatic rings. The molecule has 1 amide bonds. The number of cyclic esters (lactones) is 2. The van der Waals surface area contributed by atoms with Crippen molar-refractivity contribution in [2.24, 2.45) is 11.8 Å².